The first kappa shape index (κ1) is 19.4. The predicted octanol–water partition coefficient (Wildman–Crippen LogP) is 3.38. The first-order valence-corrected chi connectivity index (χ1v) is 8.33. The lowest BCUT2D eigenvalue weighted by Crippen LogP contribution is -2.31. The normalized spacial score (nSPS) is 19.9. The number of aromatic nitrogens is 3. The summed E-state index contributed by atoms with van der Waals surface area (Å²) in [5.41, 5.74) is 5.93. The van der Waals surface area contributed by atoms with Gasteiger partial charge in [-0.3, -0.25) is 0 Å². The van der Waals surface area contributed by atoms with E-state index in [9.17, 15) is 0 Å². The van der Waals surface area contributed by atoms with Gasteiger partial charge in [-0.15, -0.1) is 12.4 Å². The van der Waals surface area contributed by atoms with E-state index in [0.29, 0.717) is 12.0 Å². The Hall–Kier alpha value is -1.95. The Morgan fingerprint density at radius 1 is 1.08 bits per heavy atom. The molecule has 2 unspecified atom stereocenters. The molecule has 5 nitrogen and oxygen atoms in total. The van der Waals surface area contributed by atoms with Crippen molar-refractivity contribution in [1.29, 1.82) is 0 Å². The minimum absolute atomic E-state index is 0. The van der Waals surface area contributed by atoms with Gasteiger partial charge in [-0.1, -0.05) is 30.3 Å². The number of halogens is 1. The molecule has 25 heavy (non-hydrogen) atoms. The van der Waals surface area contributed by atoms with Crippen molar-refractivity contribution in [3.63, 3.8) is 0 Å². The van der Waals surface area contributed by atoms with Gasteiger partial charge in [0.2, 0.25) is 0 Å². The van der Waals surface area contributed by atoms with Gasteiger partial charge in [-0.05, 0) is 44.4 Å². The van der Waals surface area contributed by atoms with Crippen molar-refractivity contribution in [3.05, 3.63) is 59.2 Å². The van der Waals surface area contributed by atoms with Gasteiger partial charge in [0, 0.05) is 18.2 Å². The first-order valence-electron chi connectivity index (χ1n) is 8.33. The molecule has 0 spiro atoms. The van der Waals surface area contributed by atoms with Crippen molar-refractivity contribution in [2.45, 2.75) is 38.6 Å². The standard InChI is InChI=1S/C19H22N4.ClH.H2O/c1-12-11-21-19-17(12)22-13(2)23-18(19)15-8-9-20-16(10-15)14-6-4-3-5-7-14;;/h3-7,11,15-16,20-21H,8-10H2,1-2H3;1H;1H2. The number of piperidine rings is 1. The van der Waals surface area contributed by atoms with Gasteiger partial charge < -0.3 is 15.8 Å². The van der Waals surface area contributed by atoms with Crippen LogP contribution in [0.4, 0.5) is 0 Å². The maximum atomic E-state index is 4.80. The largest absolute Gasteiger partial charge is 0.412 e. The number of benzene rings is 1. The number of hydrogen-bond donors (Lipinski definition) is 2. The molecule has 134 valence electrons. The average molecular weight is 361 g/mol. The molecule has 4 N–H and O–H groups in total. The second-order valence-corrected chi connectivity index (χ2v) is 6.49. The minimum Gasteiger partial charge on any atom is -0.412 e. The number of hydrogen-bond acceptors (Lipinski definition) is 3. The zero-order chi connectivity index (χ0) is 15.8. The second kappa shape index (κ2) is 7.95. The quantitative estimate of drug-likeness (QED) is 0.734. The van der Waals surface area contributed by atoms with Crippen LogP contribution in [-0.4, -0.2) is 27.0 Å². The maximum Gasteiger partial charge on any atom is 0.126 e. The van der Waals surface area contributed by atoms with E-state index >= 15 is 0 Å². The second-order valence-electron chi connectivity index (χ2n) is 6.49. The van der Waals surface area contributed by atoms with E-state index < -0.39 is 0 Å². The molecule has 2 aromatic heterocycles. The molecule has 1 aliphatic rings. The van der Waals surface area contributed by atoms with Crippen molar-refractivity contribution in [3.8, 4) is 0 Å². The van der Waals surface area contributed by atoms with E-state index in [-0.39, 0.29) is 17.9 Å². The van der Waals surface area contributed by atoms with E-state index in [1.807, 2.05) is 13.1 Å². The Morgan fingerprint density at radius 2 is 1.84 bits per heavy atom. The van der Waals surface area contributed by atoms with E-state index in [1.54, 1.807) is 0 Å². The van der Waals surface area contributed by atoms with Crippen molar-refractivity contribution in [1.82, 2.24) is 20.3 Å². The molecular weight excluding hydrogens is 336 g/mol. The third kappa shape index (κ3) is 3.68. The summed E-state index contributed by atoms with van der Waals surface area (Å²) in [4.78, 5) is 12.8. The summed E-state index contributed by atoms with van der Waals surface area (Å²) in [5, 5.41) is 3.65. The Bertz CT molecular complexity index is 834. The van der Waals surface area contributed by atoms with Gasteiger partial charge >= 0.3 is 0 Å². The lowest BCUT2D eigenvalue weighted by atomic mass is 9.86. The van der Waals surface area contributed by atoms with Crippen LogP contribution in [0, 0.1) is 13.8 Å². The van der Waals surface area contributed by atoms with Gasteiger partial charge in [0.15, 0.2) is 0 Å². The van der Waals surface area contributed by atoms with Crippen molar-refractivity contribution >= 4 is 23.4 Å². The van der Waals surface area contributed by atoms with Gasteiger partial charge in [0.1, 0.15) is 5.82 Å². The zero-order valence-electron chi connectivity index (χ0n) is 14.5. The predicted molar refractivity (Wildman–Crippen MR) is 103 cm³/mol. The number of nitrogens with zero attached hydrogens (tertiary/aromatic N) is 2. The molecule has 3 heterocycles. The Morgan fingerprint density at radius 3 is 2.60 bits per heavy atom. The molecule has 6 heteroatoms. The number of rotatable bonds is 2. The SMILES string of the molecule is Cc1nc(C2CCNC(c3ccccc3)C2)c2[nH]cc(C)c2n1.Cl.O. The number of H-pyrrole nitrogens is 1. The van der Waals surface area contributed by atoms with Gasteiger partial charge in [-0.2, -0.15) is 0 Å². The Balaban J connectivity index is 0.00000113. The van der Waals surface area contributed by atoms with Gasteiger partial charge in [-0.25, -0.2) is 9.97 Å². The summed E-state index contributed by atoms with van der Waals surface area (Å²) >= 11 is 0. The monoisotopic (exact) mass is 360 g/mol. The Kier molecular flexibility index (Phi) is 6.16. The van der Waals surface area contributed by atoms with Crippen LogP contribution in [-0.2, 0) is 0 Å². The highest BCUT2D eigenvalue weighted by molar-refractivity contribution is 5.85. The van der Waals surface area contributed by atoms with Crippen LogP contribution in [0.2, 0.25) is 0 Å². The molecule has 4 rings (SSSR count). The smallest absolute Gasteiger partial charge is 0.126 e. The molecular formula is C19H25ClN4O. The molecule has 1 aliphatic heterocycles. The van der Waals surface area contributed by atoms with E-state index in [0.717, 1.165) is 36.2 Å². The summed E-state index contributed by atoms with van der Waals surface area (Å²) in [6.45, 7) is 5.11. The third-order valence-corrected chi connectivity index (χ3v) is 4.85. The lowest BCUT2D eigenvalue weighted by Gasteiger charge is -2.30. The summed E-state index contributed by atoms with van der Waals surface area (Å²) in [6.07, 6.45) is 4.23. The van der Waals surface area contributed by atoms with Crippen molar-refractivity contribution < 1.29 is 5.48 Å². The van der Waals surface area contributed by atoms with Gasteiger partial charge in [0.05, 0.1) is 16.7 Å². The number of aryl methyl sites for hydroxylation is 2. The number of nitrogens with one attached hydrogen (secondary N) is 2. The van der Waals surface area contributed by atoms with Crippen molar-refractivity contribution in [2.24, 2.45) is 0 Å². The molecule has 1 aromatic carbocycles. The summed E-state index contributed by atoms with van der Waals surface area (Å²) in [6, 6.07) is 11.1. The van der Waals surface area contributed by atoms with Crippen LogP contribution >= 0.6 is 12.4 Å². The highest BCUT2D eigenvalue weighted by Crippen LogP contribution is 2.36. The van der Waals surface area contributed by atoms with Crippen LogP contribution in [0.15, 0.2) is 36.5 Å². The fraction of sp³-hybridized carbons (Fsp3) is 0.368. The molecule has 1 saturated heterocycles. The summed E-state index contributed by atoms with van der Waals surface area (Å²) < 4.78 is 0. The minimum atomic E-state index is 0. The van der Waals surface area contributed by atoms with E-state index in [1.165, 1.54) is 16.8 Å². The molecule has 0 saturated carbocycles. The number of aromatic amines is 1. The van der Waals surface area contributed by atoms with E-state index in [2.05, 4.69) is 52.5 Å². The number of fused-ring (bicyclic) bond motifs is 1. The van der Waals surface area contributed by atoms with Crippen LogP contribution in [0.1, 0.15) is 47.4 Å². The van der Waals surface area contributed by atoms with Crippen LogP contribution in [0.25, 0.3) is 11.0 Å². The molecule has 2 atom stereocenters. The highest BCUT2D eigenvalue weighted by atomic mass is 35.5. The topological polar surface area (TPSA) is 85.1 Å². The van der Waals surface area contributed by atoms with Gasteiger partial charge in [0.25, 0.3) is 0 Å². The van der Waals surface area contributed by atoms with Crippen LogP contribution in [0.5, 0.6) is 0 Å². The van der Waals surface area contributed by atoms with Crippen LogP contribution < -0.4 is 5.32 Å². The summed E-state index contributed by atoms with van der Waals surface area (Å²) in [5.74, 6) is 1.33. The highest BCUT2D eigenvalue weighted by Gasteiger charge is 2.27. The average Bonchev–Trinajstić information content (AvgIpc) is 2.96. The molecule has 0 radical (unpaired) electrons. The molecule has 0 amide bonds. The maximum absolute atomic E-state index is 4.80. The summed E-state index contributed by atoms with van der Waals surface area (Å²) in [7, 11) is 0. The molecule has 0 aliphatic carbocycles. The fourth-order valence-electron chi connectivity index (χ4n) is 3.67. The zero-order valence-corrected chi connectivity index (χ0v) is 15.4. The first-order chi connectivity index (χ1) is 11.2. The fourth-order valence-corrected chi connectivity index (χ4v) is 3.67. The van der Waals surface area contributed by atoms with E-state index in [4.69, 9.17) is 4.98 Å². The third-order valence-electron chi connectivity index (χ3n) is 4.85. The molecule has 0 bridgehead atoms. The molecule has 3 aromatic rings. The van der Waals surface area contributed by atoms with Crippen LogP contribution in [0.3, 0.4) is 0 Å². The molecule has 1 fully saturated rings. The lowest BCUT2D eigenvalue weighted by molar-refractivity contribution is 0.366. The Labute approximate surface area is 154 Å². The van der Waals surface area contributed by atoms with Crippen molar-refractivity contribution in [2.75, 3.05) is 6.54 Å².